The van der Waals surface area contributed by atoms with Crippen molar-refractivity contribution in [3.8, 4) is 0 Å². The summed E-state index contributed by atoms with van der Waals surface area (Å²) in [6.45, 7) is 7.71. The lowest BCUT2D eigenvalue weighted by Crippen LogP contribution is -2.28. The van der Waals surface area contributed by atoms with E-state index in [2.05, 4.69) is 17.8 Å². The lowest BCUT2D eigenvalue weighted by atomic mass is 10.0. The lowest BCUT2D eigenvalue weighted by Gasteiger charge is -2.15. The number of halogens is 1. The van der Waals surface area contributed by atoms with E-state index in [1.807, 2.05) is 19.9 Å². The summed E-state index contributed by atoms with van der Waals surface area (Å²) < 4.78 is 0. The van der Waals surface area contributed by atoms with Crippen LogP contribution in [-0.2, 0) is 0 Å². The van der Waals surface area contributed by atoms with Gasteiger partial charge in [0.25, 0.3) is 5.70 Å². The number of hydrazine groups is 1. The average Bonchev–Trinajstić information content (AvgIpc) is 2.50. The molecule has 0 saturated heterocycles. The third-order valence-electron chi connectivity index (χ3n) is 3.31. The van der Waals surface area contributed by atoms with Crippen LogP contribution in [0.15, 0.2) is 46.3 Å². The van der Waals surface area contributed by atoms with Gasteiger partial charge in [-0.2, -0.15) is 0 Å². The zero-order valence-electron chi connectivity index (χ0n) is 14.7. The van der Waals surface area contributed by atoms with Gasteiger partial charge in [-0.25, -0.2) is 5.43 Å². The summed E-state index contributed by atoms with van der Waals surface area (Å²) >= 11 is 6.04. The molecule has 0 heterocycles. The second kappa shape index (κ2) is 11.9. The van der Waals surface area contributed by atoms with Gasteiger partial charge in [0.2, 0.25) is 0 Å². The molecular formula is C17H28ClN3O2. The number of nitrogens with one attached hydrogen (secondary N) is 2. The minimum atomic E-state index is -0.353. The molecule has 0 aliphatic carbocycles. The number of nitrogens with zero attached hydrogens (tertiary/aromatic N) is 1. The van der Waals surface area contributed by atoms with E-state index in [-0.39, 0.29) is 10.6 Å². The number of nitro groups is 1. The van der Waals surface area contributed by atoms with Gasteiger partial charge in [-0.3, -0.25) is 10.1 Å². The molecule has 0 atom stereocenters. The fourth-order valence-corrected chi connectivity index (χ4v) is 2.45. The quantitative estimate of drug-likeness (QED) is 0.266. The first-order valence-electron chi connectivity index (χ1n) is 7.83. The summed E-state index contributed by atoms with van der Waals surface area (Å²) in [5.74, 6) is 0.420. The number of hydrogen-bond donors (Lipinski definition) is 2. The Morgan fingerprint density at radius 3 is 2.30 bits per heavy atom. The minimum Gasteiger partial charge on any atom is -0.322 e. The summed E-state index contributed by atoms with van der Waals surface area (Å²) in [6, 6.07) is 0. The second-order valence-corrected chi connectivity index (χ2v) is 5.46. The van der Waals surface area contributed by atoms with Gasteiger partial charge >= 0.3 is 0 Å². The van der Waals surface area contributed by atoms with E-state index in [1.54, 1.807) is 26.1 Å². The summed E-state index contributed by atoms with van der Waals surface area (Å²) in [5.41, 5.74) is 9.63. The van der Waals surface area contributed by atoms with Gasteiger partial charge < -0.3 is 5.43 Å². The monoisotopic (exact) mass is 341 g/mol. The highest BCUT2D eigenvalue weighted by molar-refractivity contribution is 6.19. The number of hydrogen-bond acceptors (Lipinski definition) is 4. The first-order chi connectivity index (χ1) is 10.9. The molecule has 5 nitrogen and oxygen atoms in total. The van der Waals surface area contributed by atoms with Crippen LogP contribution in [0.5, 0.6) is 0 Å². The maximum atomic E-state index is 11.2. The lowest BCUT2D eigenvalue weighted by molar-refractivity contribution is -0.420. The van der Waals surface area contributed by atoms with Crippen molar-refractivity contribution < 1.29 is 4.92 Å². The molecule has 0 radical (unpaired) electrons. The third-order valence-corrected chi connectivity index (χ3v) is 3.64. The van der Waals surface area contributed by atoms with E-state index < -0.39 is 0 Å². The first kappa shape index (κ1) is 21.4. The molecule has 0 amide bonds. The van der Waals surface area contributed by atoms with Crippen molar-refractivity contribution in [3.63, 3.8) is 0 Å². The molecule has 0 aliphatic heterocycles. The Balaban J connectivity index is 5.77. The van der Waals surface area contributed by atoms with Crippen molar-refractivity contribution in [2.75, 3.05) is 12.9 Å². The van der Waals surface area contributed by atoms with Crippen molar-refractivity contribution in [1.29, 1.82) is 0 Å². The molecule has 0 rings (SSSR count). The molecule has 6 heteroatoms. The molecule has 0 aromatic carbocycles. The normalized spacial score (nSPS) is 14.6. The predicted octanol–water partition coefficient (Wildman–Crippen LogP) is 4.47. The highest BCUT2D eigenvalue weighted by Gasteiger charge is 2.12. The van der Waals surface area contributed by atoms with Gasteiger partial charge in [0, 0.05) is 24.6 Å². The van der Waals surface area contributed by atoms with Crippen molar-refractivity contribution >= 4 is 11.6 Å². The number of rotatable bonds is 10. The zero-order valence-corrected chi connectivity index (χ0v) is 15.5. The standard InChI is InChI=1S/C17H28ClN3O2/c1-6-8-13(3)16(21(22)23)11-10-14(4)17(20-19-5)15(12-18)9-7-2/h8,10-11,19-20H,6-7,9,12H2,1-5H3/b13-8+,14-10+,16-11+,17-15+. The van der Waals surface area contributed by atoms with Crippen molar-refractivity contribution in [2.45, 2.75) is 47.0 Å². The maximum Gasteiger partial charge on any atom is 0.271 e. The van der Waals surface area contributed by atoms with Crippen LogP contribution in [0.3, 0.4) is 0 Å². The fraction of sp³-hybridized carbons (Fsp3) is 0.529. The summed E-state index contributed by atoms with van der Waals surface area (Å²) in [5, 5.41) is 11.2. The molecule has 0 aromatic rings. The Bertz CT molecular complexity index is 520. The highest BCUT2D eigenvalue weighted by atomic mass is 35.5. The van der Waals surface area contributed by atoms with Crippen molar-refractivity contribution in [1.82, 2.24) is 10.9 Å². The van der Waals surface area contributed by atoms with Crippen LogP contribution in [0.2, 0.25) is 0 Å². The van der Waals surface area contributed by atoms with Gasteiger partial charge in [-0.1, -0.05) is 32.4 Å². The highest BCUT2D eigenvalue weighted by Crippen LogP contribution is 2.19. The van der Waals surface area contributed by atoms with Crippen LogP contribution in [-0.4, -0.2) is 17.9 Å². The molecule has 0 saturated carbocycles. The largest absolute Gasteiger partial charge is 0.322 e. The molecule has 23 heavy (non-hydrogen) atoms. The molecule has 0 unspecified atom stereocenters. The summed E-state index contributed by atoms with van der Waals surface area (Å²) in [6.07, 6.45) is 7.78. The van der Waals surface area contributed by atoms with E-state index in [9.17, 15) is 10.1 Å². The molecule has 2 N–H and O–H groups in total. The topological polar surface area (TPSA) is 67.2 Å². The van der Waals surface area contributed by atoms with E-state index in [4.69, 9.17) is 11.6 Å². The average molecular weight is 342 g/mol. The van der Waals surface area contributed by atoms with Crippen LogP contribution < -0.4 is 10.9 Å². The molecule has 0 aromatic heterocycles. The SMILES string of the molecule is CC/C=C(C)/C(=C\C=C(C)\C(NNC)=C(/CCl)CCC)[N+](=O)[O-]. The second-order valence-electron chi connectivity index (χ2n) is 5.19. The molecule has 0 fully saturated rings. The predicted molar refractivity (Wildman–Crippen MR) is 97.7 cm³/mol. The maximum absolute atomic E-state index is 11.2. The fourth-order valence-electron chi connectivity index (χ4n) is 2.19. The van der Waals surface area contributed by atoms with Gasteiger partial charge in [-0.05, 0) is 37.8 Å². The Morgan fingerprint density at radius 1 is 1.22 bits per heavy atom. The molecule has 0 aliphatic rings. The van der Waals surface area contributed by atoms with Gasteiger partial charge in [-0.15, -0.1) is 11.6 Å². The third kappa shape index (κ3) is 7.48. The molecule has 130 valence electrons. The smallest absolute Gasteiger partial charge is 0.271 e. The number of alkyl halides is 1. The van der Waals surface area contributed by atoms with E-state index in [0.29, 0.717) is 11.5 Å². The Labute approximate surface area is 144 Å². The zero-order chi connectivity index (χ0) is 17.8. The van der Waals surface area contributed by atoms with Crippen LogP contribution in [0.4, 0.5) is 0 Å². The molecule has 0 spiro atoms. The molecule has 0 bridgehead atoms. The van der Waals surface area contributed by atoms with Crippen LogP contribution in [0.25, 0.3) is 0 Å². The van der Waals surface area contributed by atoms with E-state index in [0.717, 1.165) is 36.1 Å². The van der Waals surface area contributed by atoms with Gasteiger partial charge in [0.1, 0.15) is 0 Å². The van der Waals surface area contributed by atoms with Crippen LogP contribution in [0, 0.1) is 10.1 Å². The summed E-state index contributed by atoms with van der Waals surface area (Å²) in [4.78, 5) is 10.9. The first-order valence-corrected chi connectivity index (χ1v) is 8.37. The van der Waals surface area contributed by atoms with E-state index >= 15 is 0 Å². The van der Waals surface area contributed by atoms with Gasteiger partial charge in [0.15, 0.2) is 0 Å². The van der Waals surface area contributed by atoms with E-state index in [1.165, 1.54) is 0 Å². The summed E-state index contributed by atoms with van der Waals surface area (Å²) in [7, 11) is 1.78. The minimum absolute atomic E-state index is 0.109. The Kier molecular flexibility index (Phi) is 11.1. The van der Waals surface area contributed by atoms with Crippen LogP contribution >= 0.6 is 11.6 Å². The number of allylic oxidation sites excluding steroid dienone is 6. The Hall–Kier alpha value is -1.59. The van der Waals surface area contributed by atoms with Gasteiger partial charge in [0.05, 0.1) is 10.6 Å². The van der Waals surface area contributed by atoms with Crippen LogP contribution in [0.1, 0.15) is 47.0 Å². The Morgan fingerprint density at radius 2 is 1.87 bits per heavy atom. The van der Waals surface area contributed by atoms with Crippen molar-refractivity contribution in [3.05, 3.63) is 56.5 Å². The molecular weight excluding hydrogens is 314 g/mol. The van der Waals surface area contributed by atoms with Crippen molar-refractivity contribution in [2.24, 2.45) is 0 Å².